The van der Waals surface area contributed by atoms with Crippen LogP contribution in [0.1, 0.15) is 65.2 Å². The molecule has 1 aliphatic rings. The third kappa shape index (κ3) is 12.1. The maximum absolute atomic E-state index is 13.4. The molecule has 1 fully saturated rings. The normalized spacial score (nSPS) is 18.4. The van der Waals surface area contributed by atoms with Gasteiger partial charge in [-0.15, -0.1) is 0 Å². The first kappa shape index (κ1) is 43.6. The lowest BCUT2D eigenvalue weighted by Gasteiger charge is -2.45. The third-order valence-corrected chi connectivity index (χ3v) is 10.3. The fraction of sp³-hybridized carbons (Fsp3) is 0.333. The molecule has 0 N–H and O–H groups in total. The van der Waals surface area contributed by atoms with Gasteiger partial charge in [-0.2, -0.15) is 0 Å². The van der Waals surface area contributed by atoms with Gasteiger partial charge >= 0.3 is 11.6 Å². The average Bonchev–Trinajstić information content (AvgIpc) is 3.29. The summed E-state index contributed by atoms with van der Waals surface area (Å²) in [5.74, 6) is 1.85. The minimum atomic E-state index is -1.12. The second-order valence-electron chi connectivity index (χ2n) is 15.1. The average molecular weight is 843 g/mol. The summed E-state index contributed by atoms with van der Waals surface area (Å²) < 4.78 is 57.4. The highest BCUT2D eigenvalue weighted by molar-refractivity contribution is 5.87. The fourth-order valence-electron chi connectivity index (χ4n) is 7.30. The molecule has 1 aliphatic heterocycles. The maximum atomic E-state index is 13.4. The summed E-state index contributed by atoms with van der Waals surface area (Å²) in [6.07, 6.45) is 4.53. The van der Waals surface area contributed by atoms with Crippen LogP contribution < -0.4 is 38.8 Å². The summed E-state index contributed by atoms with van der Waals surface area (Å²) in [5, 5.41) is 0.435. The number of hydrogen-bond donors (Lipinski definition) is 0. The van der Waals surface area contributed by atoms with E-state index in [-0.39, 0.29) is 23.7 Å². The Labute approximate surface area is 362 Å². The van der Waals surface area contributed by atoms with Crippen LogP contribution in [0.3, 0.4) is 0 Å². The Morgan fingerprint density at radius 1 is 0.548 bits per heavy atom. The SMILES string of the molecule is CCCCCCCCCCOc1c(OC(C)=O)c(=O)oc2cc(O[C@H]3O[C@H](COc4ccccc4)[C@@H](Oc4ccccc4)[C@H](Oc4ccccc4)[C@@H]3Oc3ccccc3)ccc12. The number of fused-ring (bicyclic) bond motifs is 1. The molecule has 0 bridgehead atoms. The van der Waals surface area contributed by atoms with Gasteiger partial charge in [0.15, 0.2) is 18.0 Å². The Morgan fingerprint density at radius 3 is 1.66 bits per heavy atom. The standard InChI is InChI=1S/C51H54O11/c1-3-4-5-6-7-8-9-22-33-54-45-42-32-31-41(34-43(42)61-50(53)48(45)56-36(2)52)60-51-49(59-40-29-20-13-21-30-40)47(58-39-27-18-12-19-28-39)46(57-38-25-16-11-17-26-38)44(62-51)35-55-37-23-14-10-15-24-37/h10-21,23-32,34,44,46-47,49,51H,3-9,22,33,35H2,1-2H3/t44-,46-,47+,49+,51+/m1/s1. The molecule has 62 heavy (non-hydrogen) atoms. The molecular weight excluding hydrogens is 789 g/mol. The van der Waals surface area contributed by atoms with Gasteiger partial charge < -0.3 is 42.3 Å². The minimum Gasteiger partial charge on any atom is -0.491 e. The van der Waals surface area contributed by atoms with E-state index in [4.69, 9.17) is 42.3 Å². The van der Waals surface area contributed by atoms with E-state index < -0.39 is 42.3 Å². The predicted octanol–water partition coefficient (Wildman–Crippen LogP) is 10.8. The Kier molecular flexibility index (Phi) is 15.8. The van der Waals surface area contributed by atoms with E-state index >= 15 is 0 Å². The molecule has 2 heterocycles. The minimum absolute atomic E-state index is 0.0686. The van der Waals surface area contributed by atoms with Gasteiger partial charge in [-0.25, -0.2) is 4.79 Å². The third-order valence-electron chi connectivity index (χ3n) is 10.3. The lowest BCUT2D eigenvalue weighted by atomic mass is 9.97. The topological polar surface area (TPSA) is 121 Å². The Hall–Kier alpha value is -6.46. The van der Waals surface area contributed by atoms with Crippen LogP contribution in [0.25, 0.3) is 11.0 Å². The number of benzene rings is 5. The largest absolute Gasteiger partial charge is 0.491 e. The van der Waals surface area contributed by atoms with Crippen LogP contribution in [0.5, 0.6) is 40.2 Å². The molecule has 0 saturated carbocycles. The van der Waals surface area contributed by atoms with Crippen molar-refractivity contribution >= 4 is 16.9 Å². The summed E-state index contributed by atoms with van der Waals surface area (Å²) in [5.41, 5.74) is -0.692. The van der Waals surface area contributed by atoms with Gasteiger partial charge in [0, 0.05) is 13.0 Å². The van der Waals surface area contributed by atoms with Crippen LogP contribution in [0.15, 0.2) is 149 Å². The van der Waals surface area contributed by atoms with Gasteiger partial charge in [-0.05, 0) is 67.1 Å². The molecule has 0 spiro atoms. The maximum Gasteiger partial charge on any atom is 0.383 e. The van der Waals surface area contributed by atoms with E-state index in [9.17, 15) is 9.59 Å². The van der Waals surface area contributed by atoms with Crippen molar-refractivity contribution in [2.45, 2.75) is 95.9 Å². The number of hydrogen-bond acceptors (Lipinski definition) is 11. The first-order chi connectivity index (χ1) is 30.4. The Balaban J connectivity index is 1.22. The van der Waals surface area contributed by atoms with Crippen LogP contribution in [0, 0.1) is 0 Å². The number of rotatable bonds is 22. The number of carbonyl (C=O) groups excluding carboxylic acids is 1. The predicted molar refractivity (Wildman–Crippen MR) is 236 cm³/mol. The molecule has 0 amide bonds. The van der Waals surface area contributed by atoms with Gasteiger partial charge in [-0.3, -0.25) is 4.79 Å². The molecule has 6 aromatic rings. The highest BCUT2D eigenvalue weighted by Crippen LogP contribution is 2.37. The molecule has 324 valence electrons. The molecule has 5 aromatic carbocycles. The summed E-state index contributed by atoms with van der Waals surface area (Å²) in [7, 11) is 0. The second kappa shape index (κ2) is 22.4. The molecule has 11 heteroatoms. The van der Waals surface area contributed by atoms with Crippen molar-refractivity contribution in [3.05, 3.63) is 150 Å². The highest BCUT2D eigenvalue weighted by atomic mass is 16.7. The first-order valence-corrected chi connectivity index (χ1v) is 21.5. The molecule has 1 saturated heterocycles. The van der Waals surface area contributed by atoms with Crippen molar-refractivity contribution in [2.75, 3.05) is 13.2 Å². The van der Waals surface area contributed by atoms with Crippen molar-refractivity contribution in [2.24, 2.45) is 0 Å². The van der Waals surface area contributed by atoms with E-state index in [1.807, 2.05) is 121 Å². The summed E-state index contributed by atoms with van der Waals surface area (Å²) >= 11 is 0. The lowest BCUT2D eigenvalue weighted by Crippen LogP contribution is -2.66. The van der Waals surface area contributed by atoms with Crippen LogP contribution in [-0.4, -0.2) is 49.9 Å². The molecule has 5 atom stereocenters. The first-order valence-electron chi connectivity index (χ1n) is 21.5. The summed E-state index contributed by atoms with van der Waals surface area (Å²) in [6.45, 7) is 3.83. The van der Waals surface area contributed by atoms with E-state index in [1.54, 1.807) is 18.2 Å². The molecule has 11 nitrogen and oxygen atoms in total. The second-order valence-corrected chi connectivity index (χ2v) is 15.1. The number of unbranched alkanes of at least 4 members (excludes halogenated alkanes) is 7. The fourth-order valence-corrected chi connectivity index (χ4v) is 7.30. The van der Waals surface area contributed by atoms with Gasteiger partial charge in [0.25, 0.3) is 5.75 Å². The number of para-hydroxylation sites is 4. The zero-order valence-electron chi connectivity index (χ0n) is 35.2. The van der Waals surface area contributed by atoms with Crippen molar-refractivity contribution in [3.8, 4) is 40.2 Å². The summed E-state index contributed by atoms with van der Waals surface area (Å²) in [4.78, 5) is 25.5. The lowest BCUT2D eigenvalue weighted by molar-refractivity contribution is -0.260. The van der Waals surface area contributed by atoms with Crippen molar-refractivity contribution in [1.82, 2.24) is 0 Å². The molecule has 0 radical (unpaired) electrons. The molecule has 7 rings (SSSR count). The van der Waals surface area contributed by atoms with E-state index in [0.29, 0.717) is 40.7 Å². The number of esters is 1. The van der Waals surface area contributed by atoms with Gasteiger partial charge in [-0.1, -0.05) is 125 Å². The Bertz CT molecular complexity index is 2320. The van der Waals surface area contributed by atoms with Crippen molar-refractivity contribution in [1.29, 1.82) is 0 Å². The van der Waals surface area contributed by atoms with Gasteiger partial charge in [0.05, 0.1) is 12.0 Å². The van der Waals surface area contributed by atoms with Gasteiger partial charge in [0.2, 0.25) is 12.4 Å². The van der Waals surface area contributed by atoms with Crippen LogP contribution in [-0.2, 0) is 9.53 Å². The van der Waals surface area contributed by atoms with Crippen LogP contribution in [0.2, 0.25) is 0 Å². The van der Waals surface area contributed by atoms with Crippen molar-refractivity contribution in [3.63, 3.8) is 0 Å². The zero-order valence-corrected chi connectivity index (χ0v) is 35.2. The Morgan fingerprint density at radius 2 is 1.08 bits per heavy atom. The van der Waals surface area contributed by atoms with Crippen LogP contribution >= 0.6 is 0 Å². The van der Waals surface area contributed by atoms with E-state index in [1.165, 1.54) is 39.0 Å². The monoisotopic (exact) mass is 842 g/mol. The van der Waals surface area contributed by atoms with Gasteiger partial charge in [0.1, 0.15) is 47.0 Å². The number of carbonyl (C=O) groups is 1. The smallest absolute Gasteiger partial charge is 0.383 e. The molecule has 0 unspecified atom stereocenters. The molecule has 1 aromatic heterocycles. The van der Waals surface area contributed by atoms with Crippen LogP contribution in [0.4, 0.5) is 0 Å². The summed E-state index contributed by atoms with van der Waals surface area (Å²) in [6, 6.07) is 42.6. The van der Waals surface area contributed by atoms with Crippen molar-refractivity contribution < 1.29 is 47.1 Å². The highest BCUT2D eigenvalue weighted by Gasteiger charge is 2.52. The zero-order chi connectivity index (χ0) is 42.9. The van der Waals surface area contributed by atoms with E-state index in [0.717, 1.165) is 19.3 Å². The van der Waals surface area contributed by atoms with E-state index in [2.05, 4.69) is 6.92 Å². The molecular formula is C51H54O11. The number of ether oxygens (including phenoxy) is 8. The molecule has 0 aliphatic carbocycles. The quantitative estimate of drug-likeness (QED) is 0.0369.